The Hall–Kier alpha value is -0.910. The summed E-state index contributed by atoms with van der Waals surface area (Å²) >= 11 is 1.80. The minimum atomic E-state index is -0.787. The van der Waals surface area contributed by atoms with Gasteiger partial charge in [-0.25, -0.2) is 4.79 Å². The van der Waals surface area contributed by atoms with Gasteiger partial charge in [-0.3, -0.25) is 4.79 Å². The zero-order chi connectivity index (χ0) is 17.3. The average molecular weight is 343 g/mol. The molecule has 2 rings (SSSR count). The van der Waals surface area contributed by atoms with E-state index in [2.05, 4.69) is 6.92 Å². The molecule has 0 aromatic carbocycles. The molecule has 0 bridgehead atoms. The van der Waals surface area contributed by atoms with Gasteiger partial charge in [-0.1, -0.05) is 19.8 Å². The third kappa shape index (κ3) is 5.30. The van der Waals surface area contributed by atoms with Gasteiger partial charge in [0.05, 0.1) is 11.2 Å². The van der Waals surface area contributed by atoms with Crippen LogP contribution in [0.4, 0.5) is 4.79 Å². The van der Waals surface area contributed by atoms with Crippen molar-refractivity contribution in [3.05, 3.63) is 0 Å². The molecule has 1 saturated heterocycles. The highest BCUT2D eigenvalue weighted by Crippen LogP contribution is 2.45. The maximum Gasteiger partial charge on any atom is 0.410 e. The second-order valence-electron chi connectivity index (χ2n) is 8.10. The summed E-state index contributed by atoms with van der Waals surface area (Å²) in [5.41, 5.74) is -0.520. The van der Waals surface area contributed by atoms with Crippen LogP contribution >= 0.6 is 11.8 Å². The maximum atomic E-state index is 12.1. The van der Waals surface area contributed by atoms with Crippen molar-refractivity contribution in [3.63, 3.8) is 0 Å². The zero-order valence-corrected chi connectivity index (χ0v) is 15.4. The summed E-state index contributed by atoms with van der Waals surface area (Å²) in [4.78, 5) is 25.0. The van der Waals surface area contributed by atoms with Crippen molar-refractivity contribution in [1.29, 1.82) is 0 Å². The van der Waals surface area contributed by atoms with Gasteiger partial charge in [-0.05, 0) is 39.5 Å². The Morgan fingerprint density at radius 2 is 1.96 bits per heavy atom. The molecule has 1 amide bonds. The van der Waals surface area contributed by atoms with E-state index in [0.717, 1.165) is 12.8 Å². The fourth-order valence-corrected chi connectivity index (χ4v) is 5.53. The smallest absolute Gasteiger partial charge is 0.410 e. The predicted octanol–water partition coefficient (Wildman–Crippen LogP) is 3.76. The topological polar surface area (TPSA) is 66.8 Å². The van der Waals surface area contributed by atoms with Gasteiger partial charge in [0.2, 0.25) is 0 Å². The van der Waals surface area contributed by atoms with Gasteiger partial charge in [-0.2, -0.15) is 0 Å². The molecule has 2 unspecified atom stereocenters. The number of likely N-dealkylation sites (tertiary alicyclic amines) is 1. The molecule has 1 aliphatic heterocycles. The molecule has 132 valence electrons. The minimum absolute atomic E-state index is 0.113. The van der Waals surface area contributed by atoms with Crippen LogP contribution in [0.3, 0.4) is 0 Å². The number of carboxylic acid groups (broad SMARTS) is 1. The van der Waals surface area contributed by atoms with E-state index < -0.39 is 11.6 Å². The molecule has 5 nitrogen and oxygen atoms in total. The first kappa shape index (κ1) is 18.4. The molecule has 1 aliphatic carbocycles. The van der Waals surface area contributed by atoms with Crippen molar-refractivity contribution in [2.75, 3.05) is 13.1 Å². The van der Waals surface area contributed by atoms with Crippen LogP contribution < -0.4 is 0 Å². The van der Waals surface area contributed by atoms with E-state index in [1.807, 2.05) is 20.8 Å². The van der Waals surface area contributed by atoms with Gasteiger partial charge in [0.25, 0.3) is 0 Å². The number of hydrogen-bond donors (Lipinski definition) is 1. The first-order valence-electron chi connectivity index (χ1n) is 8.46. The molecule has 1 saturated carbocycles. The third-order valence-corrected chi connectivity index (χ3v) is 6.05. The molecule has 0 aromatic rings. The normalized spacial score (nSPS) is 27.2. The van der Waals surface area contributed by atoms with E-state index in [9.17, 15) is 14.7 Å². The lowest BCUT2D eigenvalue weighted by Gasteiger charge is -2.50. The summed E-state index contributed by atoms with van der Waals surface area (Å²) in [7, 11) is 0. The van der Waals surface area contributed by atoms with Crippen molar-refractivity contribution >= 4 is 23.8 Å². The molecule has 23 heavy (non-hydrogen) atoms. The van der Waals surface area contributed by atoms with Gasteiger partial charge in [0.15, 0.2) is 0 Å². The quantitative estimate of drug-likeness (QED) is 0.842. The summed E-state index contributed by atoms with van der Waals surface area (Å²) < 4.78 is 5.03. The van der Waals surface area contributed by atoms with Crippen LogP contribution in [0.5, 0.6) is 0 Å². The van der Waals surface area contributed by atoms with Crippen molar-refractivity contribution in [2.24, 2.45) is 5.92 Å². The molecule has 2 aliphatic rings. The molecule has 2 fully saturated rings. The van der Waals surface area contributed by atoms with E-state index in [1.165, 1.54) is 12.8 Å². The van der Waals surface area contributed by atoms with Crippen LogP contribution in [0.25, 0.3) is 0 Å². The van der Waals surface area contributed by atoms with Crippen molar-refractivity contribution < 1.29 is 19.4 Å². The van der Waals surface area contributed by atoms with E-state index in [-0.39, 0.29) is 17.3 Å². The molecule has 2 atom stereocenters. The number of thioether (sulfide) groups is 1. The number of amides is 1. The highest BCUT2D eigenvalue weighted by Gasteiger charge is 2.49. The van der Waals surface area contributed by atoms with Crippen LogP contribution in [-0.4, -0.2) is 50.8 Å². The van der Waals surface area contributed by atoms with E-state index in [1.54, 1.807) is 16.7 Å². The summed E-state index contributed by atoms with van der Waals surface area (Å²) in [6.45, 7) is 8.74. The Labute approximate surface area is 143 Å². The lowest BCUT2D eigenvalue weighted by molar-refractivity contribution is -0.138. The van der Waals surface area contributed by atoms with Crippen LogP contribution in [0.1, 0.15) is 59.8 Å². The van der Waals surface area contributed by atoms with E-state index >= 15 is 0 Å². The number of carbonyl (C=O) groups is 2. The fourth-order valence-electron chi connectivity index (χ4n) is 3.45. The SMILES string of the molecule is CC1CCCC(SC2(CC(=O)O)CN(C(=O)OC(C)(C)C)C2)C1. The Morgan fingerprint density at radius 1 is 1.30 bits per heavy atom. The highest BCUT2D eigenvalue weighted by molar-refractivity contribution is 8.01. The molecule has 1 heterocycles. The van der Waals surface area contributed by atoms with Gasteiger partial charge in [0.1, 0.15) is 5.60 Å². The number of aliphatic carboxylic acids is 1. The predicted molar refractivity (Wildman–Crippen MR) is 91.8 cm³/mol. The number of carboxylic acids is 1. The first-order valence-corrected chi connectivity index (χ1v) is 9.34. The minimum Gasteiger partial charge on any atom is -0.481 e. The average Bonchev–Trinajstić information content (AvgIpc) is 2.32. The Bertz CT molecular complexity index is 454. The zero-order valence-electron chi connectivity index (χ0n) is 14.6. The molecule has 1 N–H and O–H groups in total. The Morgan fingerprint density at radius 3 is 2.48 bits per heavy atom. The van der Waals surface area contributed by atoms with Crippen LogP contribution in [0.15, 0.2) is 0 Å². The molecular weight excluding hydrogens is 314 g/mol. The van der Waals surface area contributed by atoms with Gasteiger partial charge < -0.3 is 14.7 Å². The Balaban J connectivity index is 1.94. The molecule has 6 heteroatoms. The van der Waals surface area contributed by atoms with Gasteiger partial charge in [-0.15, -0.1) is 11.8 Å². The summed E-state index contributed by atoms with van der Waals surface area (Å²) in [6, 6.07) is 0. The summed E-state index contributed by atoms with van der Waals surface area (Å²) in [5, 5.41) is 9.77. The summed E-state index contributed by atoms with van der Waals surface area (Å²) in [6.07, 6.45) is 4.57. The number of nitrogens with zero attached hydrogens (tertiary/aromatic N) is 1. The lowest BCUT2D eigenvalue weighted by atomic mass is 9.90. The lowest BCUT2D eigenvalue weighted by Crippen LogP contribution is -2.63. The maximum absolute atomic E-state index is 12.1. The second-order valence-corrected chi connectivity index (χ2v) is 9.87. The largest absolute Gasteiger partial charge is 0.481 e. The Kier molecular flexibility index (Phi) is 5.54. The number of hydrogen-bond acceptors (Lipinski definition) is 4. The monoisotopic (exact) mass is 343 g/mol. The molecular formula is C17H29NO4S. The third-order valence-electron chi connectivity index (χ3n) is 4.39. The van der Waals surface area contributed by atoms with Crippen LogP contribution in [0, 0.1) is 5.92 Å². The standard InChI is InChI=1S/C17H29NO4S/c1-12-6-5-7-13(8-12)23-17(9-14(19)20)10-18(11-17)15(21)22-16(2,3)4/h12-13H,5-11H2,1-4H3,(H,19,20). The fraction of sp³-hybridized carbons (Fsp3) is 0.882. The van der Waals surface area contributed by atoms with Crippen molar-refractivity contribution in [1.82, 2.24) is 4.90 Å². The summed E-state index contributed by atoms with van der Waals surface area (Å²) in [5.74, 6) is -0.0737. The van der Waals surface area contributed by atoms with Crippen molar-refractivity contribution in [3.8, 4) is 0 Å². The molecule has 0 aromatic heterocycles. The van der Waals surface area contributed by atoms with E-state index in [0.29, 0.717) is 24.3 Å². The van der Waals surface area contributed by atoms with Gasteiger partial charge >= 0.3 is 12.1 Å². The molecule has 0 spiro atoms. The van der Waals surface area contributed by atoms with Crippen molar-refractivity contribution in [2.45, 2.75) is 75.4 Å². The highest BCUT2D eigenvalue weighted by atomic mass is 32.2. The molecule has 0 radical (unpaired) electrons. The van der Waals surface area contributed by atoms with Crippen LogP contribution in [0.2, 0.25) is 0 Å². The first-order chi connectivity index (χ1) is 10.6. The van der Waals surface area contributed by atoms with Gasteiger partial charge in [0, 0.05) is 18.3 Å². The van der Waals surface area contributed by atoms with E-state index in [4.69, 9.17) is 4.74 Å². The second kappa shape index (κ2) is 6.91. The number of ether oxygens (including phenoxy) is 1. The van der Waals surface area contributed by atoms with Crippen LogP contribution in [-0.2, 0) is 9.53 Å². The number of carbonyl (C=O) groups excluding carboxylic acids is 1. The number of rotatable bonds is 4.